The van der Waals surface area contributed by atoms with Gasteiger partial charge in [-0.2, -0.15) is 0 Å². The highest BCUT2D eigenvalue weighted by Gasteiger charge is 2.43. The van der Waals surface area contributed by atoms with Crippen LogP contribution in [-0.2, 0) is 4.79 Å². The lowest BCUT2D eigenvalue weighted by atomic mass is 9.70. The highest BCUT2D eigenvalue weighted by molar-refractivity contribution is 9.10. The van der Waals surface area contributed by atoms with Gasteiger partial charge in [0.25, 0.3) is 0 Å². The van der Waals surface area contributed by atoms with E-state index >= 15 is 0 Å². The van der Waals surface area contributed by atoms with E-state index in [-0.39, 0.29) is 6.04 Å². The summed E-state index contributed by atoms with van der Waals surface area (Å²) in [5.41, 5.74) is 2.23. The molecule has 3 atom stereocenters. The topological polar surface area (TPSA) is 49.3 Å². The molecule has 3 nitrogen and oxygen atoms in total. The molecular formula is C28H29BrClNO2. The van der Waals surface area contributed by atoms with Gasteiger partial charge in [-0.3, -0.25) is 4.79 Å². The third-order valence-electron chi connectivity index (χ3n) is 6.06. The van der Waals surface area contributed by atoms with E-state index < -0.39 is 11.5 Å². The average Bonchev–Trinajstić information content (AvgIpc) is 2.79. The summed E-state index contributed by atoms with van der Waals surface area (Å²) in [6, 6.07) is 15.2. The lowest BCUT2D eigenvalue weighted by Crippen LogP contribution is -2.51. The van der Waals surface area contributed by atoms with Crippen LogP contribution in [0.2, 0.25) is 5.02 Å². The van der Waals surface area contributed by atoms with Gasteiger partial charge in [0.05, 0.1) is 5.60 Å². The van der Waals surface area contributed by atoms with Crippen LogP contribution in [0.15, 0.2) is 95.5 Å². The second-order valence-corrected chi connectivity index (χ2v) is 9.75. The van der Waals surface area contributed by atoms with Crippen molar-refractivity contribution in [3.63, 3.8) is 0 Å². The smallest absolute Gasteiger partial charge is 0.146 e. The molecule has 0 amide bonds. The minimum absolute atomic E-state index is 0.0431. The van der Waals surface area contributed by atoms with Crippen LogP contribution < -0.4 is 5.32 Å². The van der Waals surface area contributed by atoms with E-state index in [1.807, 2.05) is 54.6 Å². The van der Waals surface area contributed by atoms with Crippen molar-refractivity contribution in [2.45, 2.75) is 36.8 Å². The van der Waals surface area contributed by atoms with Crippen molar-refractivity contribution < 1.29 is 9.90 Å². The first-order chi connectivity index (χ1) is 15.9. The Bertz CT molecular complexity index is 1060. The van der Waals surface area contributed by atoms with Crippen LogP contribution >= 0.6 is 27.5 Å². The minimum Gasteiger partial charge on any atom is -0.389 e. The minimum atomic E-state index is -1.11. The van der Waals surface area contributed by atoms with Crippen LogP contribution in [0.1, 0.15) is 36.3 Å². The van der Waals surface area contributed by atoms with Crippen molar-refractivity contribution in [1.82, 2.24) is 5.32 Å². The Kier molecular flexibility index (Phi) is 9.04. The molecule has 0 aromatic heterocycles. The van der Waals surface area contributed by atoms with Gasteiger partial charge in [-0.1, -0.05) is 83.2 Å². The highest BCUT2D eigenvalue weighted by Crippen LogP contribution is 2.42. The number of hydrogen-bond donors (Lipinski definition) is 2. The lowest BCUT2D eigenvalue weighted by molar-refractivity contribution is -0.106. The number of aldehydes is 1. The number of hydrogen-bond acceptors (Lipinski definition) is 3. The van der Waals surface area contributed by atoms with E-state index in [1.165, 1.54) is 0 Å². The van der Waals surface area contributed by atoms with Gasteiger partial charge in [-0.15, -0.1) is 0 Å². The number of rotatable bonds is 9. The summed E-state index contributed by atoms with van der Waals surface area (Å²) in [6.45, 7) is 8.31. The van der Waals surface area contributed by atoms with Crippen LogP contribution in [0.4, 0.5) is 0 Å². The van der Waals surface area contributed by atoms with Gasteiger partial charge in [0.1, 0.15) is 6.29 Å². The summed E-state index contributed by atoms with van der Waals surface area (Å²) in [7, 11) is 0. The number of halogens is 2. The molecule has 0 radical (unpaired) electrons. The zero-order valence-electron chi connectivity index (χ0n) is 18.5. The second kappa shape index (κ2) is 11.8. The van der Waals surface area contributed by atoms with E-state index in [9.17, 15) is 9.90 Å². The van der Waals surface area contributed by atoms with Gasteiger partial charge in [0.2, 0.25) is 0 Å². The summed E-state index contributed by atoms with van der Waals surface area (Å²) in [4.78, 5) is 12.4. The van der Waals surface area contributed by atoms with Gasteiger partial charge in [-0.25, -0.2) is 0 Å². The Morgan fingerprint density at radius 1 is 1.27 bits per heavy atom. The van der Waals surface area contributed by atoms with Crippen molar-refractivity contribution >= 4 is 39.9 Å². The molecule has 172 valence electrons. The van der Waals surface area contributed by atoms with Crippen LogP contribution in [0.3, 0.4) is 0 Å². The Morgan fingerprint density at radius 3 is 2.67 bits per heavy atom. The predicted molar refractivity (Wildman–Crippen MR) is 141 cm³/mol. The van der Waals surface area contributed by atoms with Gasteiger partial charge in [-0.05, 0) is 72.8 Å². The molecule has 1 saturated heterocycles. The van der Waals surface area contributed by atoms with Crippen molar-refractivity contribution in [2.24, 2.45) is 0 Å². The maximum absolute atomic E-state index is 12.4. The van der Waals surface area contributed by atoms with Crippen molar-refractivity contribution in [3.8, 4) is 0 Å². The fraction of sp³-hybridized carbons (Fsp3) is 0.250. The number of carbonyl (C=O) groups is 1. The zero-order chi connectivity index (χ0) is 23.8. The molecule has 2 aromatic rings. The van der Waals surface area contributed by atoms with Gasteiger partial charge in [0.15, 0.2) is 0 Å². The van der Waals surface area contributed by atoms with E-state index in [0.717, 1.165) is 33.9 Å². The molecule has 0 aliphatic carbocycles. The van der Waals surface area contributed by atoms with Gasteiger partial charge in [0, 0.05) is 27.0 Å². The Balaban J connectivity index is 2.03. The van der Waals surface area contributed by atoms with Crippen LogP contribution in [0.25, 0.3) is 6.08 Å². The number of nitrogens with one attached hydrogen (secondary N) is 1. The summed E-state index contributed by atoms with van der Waals surface area (Å²) >= 11 is 9.63. The van der Waals surface area contributed by atoms with Gasteiger partial charge < -0.3 is 10.4 Å². The molecule has 1 heterocycles. The molecule has 0 saturated carbocycles. The maximum atomic E-state index is 12.4. The summed E-state index contributed by atoms with van der Waals surface area (Å²) in [6.07, 6.45) is 9.95. The molecule has 2 N–H and O–H groups in total. The monoisotopic (exact) mass is 525 g/mol. The normalized spacial score (nSPS) is 22.5. The second-order valence-electron chi connectivity index (χ2n) is 8.40. The molecule has 5 heteroatoms. The van der Waals surface area contributed by atoms with Crippen LogP contribution in [0, 0.1) is 0 Å². The number of piperidine rings is 1. The standard InChI is InChI=1S/C28H29BrClNO2/c1-3-6-20(4-2)17-26-18-28(33,13-14-31-26)27(22-9-11-25(30)12-10-22)23(19-32)15-21-7-5-8-24(29)16-21/h3-12,15-16,19,26-27,31,33H,1-2,13-14,17-18H2/b20-6+,23-15+. The highest BCUT2D eigenvalue weighted by atomic mass is 79.9. The predicted octanol–water partition coefficient (Wildman–Crippen LogP) is 6.64. The van der Waals surface area contributed by atoms with E-state index in [4.69, 9.17) is 11.6 Å². The fourth-order valence-corrected chi connectivity index (χ4v) is 5.14. The first-order valence-corrected chi connectivity index (χ1v) is 12.1. The summed E-state index contributed by atoms with van der Waals surface area (Å²) in [5.74, 6) is -0.494. The number of allylic oxidation sites excluding steroid dienone is 3. The third kappa shape index (κ3) is 6.64. The van der Waals surface area contributed by atoms with E-state index in [1.54, 1.807) is 18.2 Å². The van der Waals surface area contributed by atoms with Crippen LogP contribution in [0.5, 0.6) is 0 Å². The molecule has 0 bridgehead atoms. The first-order valence-electron chi connectivity index (χ1n) is 11.0. The summed E-state index contributed by atoms with van der Waals surface area (Å²) in [5, 5.41) is 16.1. The molecule has 1 aliphatic heterocycles. The number of carbonyl (C=O) groups excluding carboxylic acids is 1. The average molecular weight is 527 g/mol. The fourth-order valence-electron chi connectivity index (χ4n) is 4.60. The molecule has 0 spiro atoms. The molecular weight excluding hydrogens is 498 g/mol. The largest absolute Gasteiger partial charge is 0.389 e. The Morgan fingerprint density at radius 2 is 2.03 bits per heavy atom. The molecule has 3 unspecified atom stereocenters. The van der Waals surface area contributed by atoms with E-state index in [0.29, 0.717) is 30.0 Å². The first kappa shape index (κ1) is 25.4. The van der Waals surface area contributed by atoms with Crippen molar-refractivity contribution in [1.29, 1.82) is 0 Å². The number of benzene rings is 2. The zero-order valence-corrected chi connectivity index (χ0v) is 20.9. The Labute approximate surface area is 209 Å². The van der Waals surface area contributed by atoms with Crippen molar-refractivity contribution in [2.75, 3.05) is 6.54 Å². The quantitative estimate of drug-likeness (QED) is 0.219. The molecule has 33 heavy (non-hydrogen) atoms. The third-order valence-corrected chi connectivity index (χ3v) is 6.80. The van der Waals surface area contributed by atoms with Gasteiger partial charge >= 0.3 is 0 Å². The van der Waals surface area contributed by atoms with E-state index in [2.05, 4.69) is 34.4 Å². The van der Waals surface area contributed by atoms with Crippen LogP contribution in [-0.4, -0.2) is 29.6 Å². The lowest BCUT2D eigenvalue weighted by Gasteiger charge is -2.43. The molecule has 1 aliphatic rings. The van der Waals surface area contributed by atoms with Crippen molar-refractivity contribution in [3.05, 3.63) is 112 Å². The molecule has 3 rings (SSSR count). The summed E-state index contributed by atoms with van der Waals surface area (Å²) < 4.78 is 0.927. The SMILES string of the molecule is C=C/C=C(\C=C)CC1CC(O)(C(/C(C=O)=C/c2cccc(Br)c2)c2ccc(Cl)cc2)CCN1. The Hall–Kier alpha value is -2.24. The molecule has 1 fully saturated rings. The maximum Gasteiger partial charge on any atom is 0.146 e. The number of aliphatic hydroxyl groups is 1. The molecule has 2 aromatic carbocycles.